The molecule has 0 radical (unpaired) electrons. The first-order valence-corrected chi connectivity index (χ1v) is 3.40. The van der Waals surface area contributed by atoms with Crippen molar-refractivity contribution in [3.63, 3.8) is 0 Å². The Balaban J connectivity index is 2.06. The first kappa shape index (κ1) is 4.54. The lowest BCUT2D eigenvalue weighted by Crippen LogP contribution is -2.29. The minimum atomic E-state index is 0.694. The zero-order valence-corrected chi connectivity index (χ0v) is 5.06. The highest BCUT2D eigenvalue weighted by molar-refractivity contribution is 5.61. The van der Waals surface area contributed by atoms with Gasteiger partial charge < -0.3 is 0 Å². The molecule has 0 aromatic rings. The van der Waals surface area contributed by atoms with Gasteiger partial charge >= 0.3 is 0 Å². The highest BCUT2D eigenvalue weighted by Gasteiger charge is 2.37. The molecule has 0 aromatic heterocycles. The summed E-state index contributed by atoms with van der Waals surface area (Å²) in [5.74, 6) is 0. The summed E-state index contributed by atoms with van der Waals surface area (Å²) in [5.41, 5.74) is 0.694. The second-order valence-corrected chi connectivity index (χ2v) is 3.08. The Hall–Kier alpha value is -0.330. The first-order chi connectivity index (χ1) is 3.91. The number of aliphatic imine (C=N–C) groups is 1. The van der Waals surface area contributed by atoms with E-state index in [9.17, 15) is 0 Å². The highest BCUT2D eigenvalue weighted by Crippen LogP contribution is 2.45. The van der Waals surface area contributed by atoms with Crippen LogP contribution >= 0.6 is 0 Å². The topological polar surface area (TPSA) is 12.4 Å². The molecule has 1 saturated carbocycles. The Morgan fingerprint density at radius 3 is 2.50 bits per heavy atom. The molecule has 1 heteroatoms. The molecule has 0 amide bonds. The molecule has 2 aliphatic rings. The van der Waals surface area contributed by atoms with E-state index >= 15 is 0 Å². The van der Waals surface area contributed by atoms with Crippen LogP contribution in [0.3, 0.4) is 0 Å². The van der Waals surface area contributed by atoms with Crippen LogP contribution in [0.5, 0.6) is 0 Å². The summed E-state index contributed by atoms with van der Waals surface area (Å²) in [5, 5.41) is 0. The zero-order valence-electron chi connectivity index (χ0n) is 5.06. The van der Waals surface area contributed by atoms with E-state index in [4.69, 9.17) is 0 Å². The molecule has 0 aromatic carbocycles. The van der Waals surface area contributed by atoms with Gasteiger partial charge in [-0.05, 0) is 30.9 Å². The van der Waals surface area contributed by atoms with Crippen LogP contribution in [0.2, 0.25) is 0 Å². The van der Waals surface area contributed by atoms with Gasteiger partial charge in [0, 0.05) is 6.54 Å². The number of hydrogen-bond acceptors (Lipinski definition) is 1. The third kappa shape index (κ3) is 0.445. The van der Waals surface area contributed by atoms with Crippen LogP contribution in [0.4, 0.5) is 0 Å². The molecule has 1 nitrogen and oxygen atoms in total. The summed E-state index contributed by atoms with van der Waals surface area (Å²) >= 11 is 0. The van der Waals surface area contributed by atoms with Gasteiger partial charge in [0.05, 0.1) is 0 Å². The maximum Gasteiger partial charge on any atom is 0.0445 e. The van der Waals surface area contributed by atoms with Gasteiger partial charge in [-0.3, -0.25) is 4.99 Å². The monoisotopic (exact) mass is 109 g/mol. The van der Waals surface area contributed by atoms with Crippen LogP contribution < -0.4 is 0 Å². The van der Waals surface area contributed by atoms with E-state index in [0.717, 1.165) is 6.54 Å². The summed E-state index contributed by atoms with van der Waals surface area (Å²) in [6.07, 6.45) is 7.69. The quantitative estimate of drug-likeness (QED) is 0.448. The molecule has 1 spiro atoms. The maximum absolute atomic E-state index is 4.23. The third-order valence-electron chi connectivity index (χ3n) is 2.49. The van der Waals surface area contributed by atoms with Gasteiger partial charge in [-0.25, -0.2) is 0 Å². The van der Waals surface area contributed by atoms with E-state index in [1.165, 1.54) is 25.7 Å². The molecule has 1 heterocycles. The van der Waals surface area contributed by atoms with Crippen LogP contribution in [0.1, 0.15) is 25.7 Å². The Bertz CT molecular complexity index is 112. The zero-order chi connectivity index (χ0) is 5.45. The lowest BCUT2D eigenvalue weighted by molar-refractivity contribution is 0.169. The van der Waals surface area contributed by atoms with Crippen molar-refractivity contribution in [1.29, 1.82) is 0 Å². The molecular weight excluding hydrogens is 98.1 g/mol. The predicted octanol–water partition coefficient (Wildman–Crippen LogP) is 1.63. The van der Waals surface area contributed by atoms with Crippen molar-refractivity contribution in [2.24, 2.45) is 10.4 Å². The van der Waals surface area contributed by atoms with Crippen LogP contribution in [0, 0.1) is 5.41 Å². The number of rotatable bonds is 0. The SMILES string of the molecule is C1=NCC2(C1)CCC2. The fraction of sp³-hybridized carbons (Fsp3) is 0.857. The number of hydrogen-bond donors (Lipinski definition) is 0. The Morgan fingerprint density at radius 1 is 1.38 bits per heavy atom. The average molecular weight is 109 g/mol. The minimum absolute atomic E-state index is 0.694. The van der Waals surface area contributed by atoms with Crippen LogP contribution in [0.15, 0.2) is 4.99 Å². The fourth-order valence-corrected chi connectivity index (χ4v) is 1.62. The van der Waals surface area contributed by atoms with Crippen molar-refractivity contribution < 1.29 is 0 Å². The van der Waals surface area contributed by atoms with Crippen LogP contribution in [0.25, 0.3) is 0 Å². The highest BCUT2D eigenvalue weighted by atomic mass is 14.8. The normalized spacial score (nSPS) is 31.0. The van der Waals surface area contributed by atoms with E-state index in [2.05, 4.69) is 11.2 Å². The molecule has 1 fully saturated rings. The summed E-state index contributed by atoms with van der Waals surface area (Å²) in [4.78, 5) is 4.23. The predicted molar refractivity (Wildman–Crippen MR) is 34.3 cm³/mol. The third-order valence-corrected chi connectivity index (χ3v) is 2.49. The largest absolute Gasteiger partial charge is 0.297 e. The van der Waals surface area contributed by atoms with Crippen LogP contribution in [-0.2, 0) is 0 Å². The van der Waals surface area contributed by atoms with Gasteiger partial charge in [0.2, 0.25) is 0 Å². The molecule has 44 valence electrons. The van der Waals surface area contributed by atoms with Gasteiger partial charge in [0.15, 0.2) is 0 Å². The van der Waals surface area contributed by atoms with E-state index in [0.29, 0.717) is 5.41 Å². The second kappa shape index (κ2) is 1.34. The van der Waals surface area contributed by atoms with Gasteiger partial charge in [-0.15, -0.1) is 0 Å². The van der Waals surface area contributed by atoms with Crippen molar-refractivity contribution >= 4 is 6.21 Å². The van der Waals surface area contributed by atoms with Gasteiger partial charge in [0.25, 0.3) is 0 Å². The summed E-state index contributed by atoms with van der Waals surface area (Å²) in [6, 6.07) is 0. The Kier molecular flexibility index (Phi) is 0.758. The van der Waals surface area contributed by atoms with Gasteiger partial charge in [0.1, 0.15) is 0 Å². The van der Waals surface area contributed by atoms with E-state index in [-0.39, 0.29) is 0 Å². The standard InChI is InChI=1S/C7H11N/c1-2-7(3-1)4-5-8-6-7/h5H,1-4,6H2. The molecule has 0 N–H and O–H groups in total. The molecule has 0 atom stereocenters. The lowest BCUT2D eigenvalue weighted by Gasteiger charge is -2.36. The van der Waals surface area contributed by atoms with Crippen molar-refractivity contribution in [3.05, 3.63) is 0 Å². The molecule has 1 aliphatic heterocycles. The van der Waals surface area contributed by atoms with Crippen molar-refractivity contribution in [2.75, 3.05) is 6.54 Å². The van der Waals surface area contributed by atoms with Gasteiger partial charge in [-0.1, -0.05) is 6.42 Å². The summed E-state index contributed by atoms with van der Waals surface area (Å²) < 4.78 is 0. The molecule has 0 bridgehead atoms. The van der Waals surface area contributed by atoms with E-state index < -0.39 is 0 Å². The van der Waals surface area contributed by atoms with Crippen molar-refractivity contribution in [3.8, 4) is 0 Å². The molecule has 2 rings (SSSR count). The molecular formula is C7H11N. The summed E-state index contributed by atoms with van der Waals surface area (Å²) in [7, 11) is 0. The molecule has 8 heavy (non-hydrogen) atoms. The Labute approximate surface area is 49.8 Å². The van der Waals surface area contributed by atoms with Crippen molar-refractivity contribution in [1.82, 2.24) is 0 Å². The second-order valence-electron chi connectivity index (χ2n) is 3.08. The van der Waals surface area contributed by atoms with Gasteiger partial charge in [-0.2, -0.15) is 0 Å². The minimum Gasteiger partial charge on any atom is -0.297 e. The van der Waals surface area contributed by atoms with E-state index in [1.807, 2.05) is 0 Å². The average Bonchev–Trinajstić information content (AvgIpc) is 2.07. The smallest absolute Gasteiger partial charge is 0.0445 e. The number of nitrogens with zero attached hydrogens (tertiary/aromatic N) is 1. The maximum atomic E-state index is 4.23. The lowest BCUT2D eigenvalue weighted by atomic mass is 9.68. The molecule has 0 saturated heterocycles. The molecule has 0 unspecified atom stereocenters. The first-order valence-electron chi connectivity index (χ1n) is 3.40. The van der Waals surface area contributed by atoms with Crippen LogP contribution in [-0.4, -0.2) is 12.8 Å². The Morgan fingerprint density at radius 2 is 2.25 bits per heavy atom. The molecule has 1 aliphatic carbocycles. The van der Waals surface area contributed by atoms with Crippen molar-refractivity contribution in [2.45, 2.75) is 25.7 Å². The van der Waals surface area contributed by atoms with E-state index in [1.54, 1.807) is 0 Å². The summed E-state index contributed by atoms with van der Waals surface area (Å²) in [6.45, 7) is 1.13. The fourth-order valence-electron chi connectivity index (χ4n) is 1.62.